The predicted octanol–water partition coefficient (Wildman–Crippen LogP) is 2.56. The second-order valence-corrected chi connectivity index (χ2v) is 8.08. The van der Waals surface area contributed by atoms with E-state index in [9.17, 15) is 4.39 Å². The number of anilines is 4. The van der Waals surface area contributed by atoms with Gasteiger partial charge >= 0.3 is 0 Å². The first kappa shape index (κ1) is 16.6. The molecule has 0 bridgehead atoms. The number of nitrogens with zero attached hydrogens (tertiary/aromatic N) is 5. The first-order valence-corrected chi connectivity index (χ1v) is 9.56. The highest BCUT2D eigenvalue weighted by atomic mass is 32.1. The maximum Gasteiger partial charge on any atom is 0.186 e. The van der Waals surface area contributed by atoms with Gasteiger partial charge in [-0.1, -0.05) is 11.3 Å². The molecule has 0 saturated carbocycles. The number of ether oxygens (including phenoxy) is 1. The van der Waals surface area contributed by atoms with Crippen molar-refractivity contribution in [1.29, 1.82) is 0 Å². The van der Waals surface area contributed by atoms with Crippen LogP contribution in [0.25, 0.3) is 10.2 Å². The van der Waals surface area contributed by atoms with Gasteiger partial charge in [-0.3, -0.25) is 0 Å². The first-order chi connectivity index (χ1) is 13.1. The minimum Gasteiger partial charge on any atom is -0.384 e. The van der Waals surface area contributed by atoms with Crippen molar-refractivity contribution in [2.24, 2.45) is 5.41 Å². The summed E-state index contributed by atoms with van der Waals surface area (Å²) < 4.78 is 20.4. The number of halogens is 1. The average Bonchev–Trinajstić information content (AvgIpc) is 3.10. The molecule has 0 aromatic carbocycles. The molecule has 0 aliphatic carbocycles. The number of nitrogen functional groups attached to an aromatic ring is 1. The summed E-state index contributed by atoms with van der Waals surface area (Å²) in [5.74, 6) is 0.921. The Morgan fingerprint density at radius 1 is 1.30 bits per heavy atom. The number of thiazole rings is 1. The number of fused-ring (bicyclic) bond motifs is 1. The van der Waals surface area contributed by atoms with Crippen LogP contribution in [0.5, 0.6) is 0 Å². The summed E-state index contributed by atoms with van der Waals surface area (Å²) in [6, 6.07) is 1.60. The van der Waals surface area contributed by atoms with Gasteiger partial charge in [0.15, 0.2) is 16.8 Å². The molecule has 0 atom stereocenters. The molecule has 2 aliphatic heterocycles. The third-order valence-corrected chi connectivity index (χ3v) is 6.17. The minimum atomic E-state index is -0.432. The second kappa shape index (κ2) is 6.24. The molecular formula is C17H18FN7OS. The maximum absolute atomic E-state index is 14.3. The Kier molecular flexibility index (Phi) is 3.83. The Labute approximate surface area is 158 Å². The van der Waals surface area contributed by atoms with Gasteiger partial charge in [0.2, 0.25) is 0 Å². The zero-order valence-corrected chi connectivity index (χ0v) is 15.3. The van der Waals surface area contributed by atoms with E-state index in [4.69, 9.17) is 10.5 Å². The number of hydrogen-bond acceptors (Lipinski definition) is 9. The van der Waals surface area contributed by atoms with Crippen molar-refractivity contribution in [2.45, 2.75) is 12.8 Å². The number of nitrogens with two attached hydrogens (primary N) is 1. The average molecular weight is 387 g/mol. The maximum atomic E-state index is 14.3. The fourth-order valence-corrected chi connectivity index (χ4v) is 4.70. The van der Waals surface area contributed by atoms with Crippen LogP contribution in [0.1, 0.15) is 12.8 Å². The van der Waals surface area contributed by atoms with Gasteiger partial charge in [-0.05, 0) is 12.8 Å². The van der Waals surface area contributed by atoms with Crippen molar-refractivity contribution in [2.75, 3.05) is 42.3 Å². The lowest BCUT2D eigenvalue weighted by atomic mass is 9.78. The Bertz CT molecular complexity index is 1010. The monoisotopic (exact) mass is 387 g/mol. The summed E-state index contributed by atoms with van der Waals surface area (Å²) in [5, 5.41) is 3.91. The molecule has 0 amide bonds. The molecule has 140 valence electrons. The minimum absolute atomic E-state index is 0.229. The number of hydrogen-bond donors (Lipinski definition) is 2. The zero-order valence-electron chi connectivity index (χ0n) is 14.5. The van der Waals surface area contributed by atoms with E-state index in [1.807, 2.05) is 0 Å². The van der Waals surface area contributed by atoms with Crippen LogP contribution in [0.3, 0.4) is 0 Å². The summed E-state index contributed by atoms with van der Waals surface area (Å²) in [6.07, 6.45) is 4.80. The number of aromatic nitrogens is 4. The highest BCUT2D eigenvalue weighted by Gasteiger charge is 2.42. The van der Waals surface area contributed by atoms with Crippen molar-refractivity contribution < 1.29 is 9.13 Å². The molecule has 3 aromatic heterocycles. The third-order valence-electron chi connectivity index (χ3n) is 5.05. The number of pyridine rings is 1. The van der Waals surface area contributed by atoms with Gasteiger partial charge < -0.3 is 20.7 Å². The van der Waals surface area contributed by atoms with Crippen molar-refractivity contribution in [1.82, 2.24) is 19.9 Å². The van der Waals surface area contributed by atoms with Crippen LogP contribution in [0.4, 0.5) is 27.0 Å². The van der Waals surface area contributed by atoms with E-state index in [0.717, 1.165) is 37.9 Å². The molecule has 3 N–H and O–H groups in total. The lowest BCUT2D eigenvalue weighted by Gasteiger charge is -2.48. The van der Waals surface area contributed by atoms with E-state index in [1.165, 1.54) is 30.3 Å². The molecule has 5 heterocycles. The summed E-state index contributed by atoms with van der Waals surface area (Å²) in [4.78, 5) is 19.0. The van der Waals surface area contributed by atoms with E-state index in [2.05, 4.69) is 30.2 Å². The molecule has 2 aliphatic rings. The van der Waals surface area contributed by atoms with Gasteiger partial charge in [0.1, 0.15) is 28.2 Å². The Morgan fingerprint density at radius 2 is 2.19 bits per heavy atom. The molecule has 0 unspecified atom stereocenters. The number of rotatable bonds is 3. The predicted molar refractivity (Wildman–Crippen MR) is 102 cm³/mol. The quantitative estimate of drug-likeness (QED) is 0.707. The van der Waals surface area contributed by atoms with E-state index >= 15 is 0 Å². The van der Waals surface area contributed by atoms with Crippen molar-refractivity contribution >= 4 is 44.1 Å². The van der Waals surface area contributed by atoms with Crippen LogP contribution >= 0.6 is 11.3 Å². The van der Waals surface area contributed by atoms with E-state index in [1.54, 1.807) is 6.07 Å². The molecule has 10 heteroatoms. The van der Waals surface area contributed by atoms with E-state index in [-0.39, 0.29) is 5.41 Å². The van der Waals surface area contributed by atoms with Crippen molar-refractivity contribution in [3.63, 3.8) is 0 Å². The number of nitrogens with one attached hydrogen (secondary N) is 1. The van der Waals surface area contributed by atoms with Gasteiger partial charge in [0, 0.05) is 24.6 Å². The lowest BCUT2D eigenvalue weighted by Crippen LogP contribution is -2.54. The third kappa shape index (κ3) is 2.94. The molecule has 27 heavy (non-hydrogen) atoms. The van der Waals surface area contributed by atoms with Crippen molar-refractivity contribution in [3.05, 3.63) is 24.4 Å². The molecule has 1 spiro atoms. The molecule has 8 nitrogen and oxygen atoms in total. The van der Waals surface area contributed by atoms with Crippen LogP contribution in [-0.2, 0) is 4.74 Å². The largest absolute Gasteiger partial charge is 0.384 e. The Morgan fingerprint density at radius 3 is 2.96 bits per heavy atom. The summed E-state index contributed by atoms with van der Waals surface area (Å²) in [5.41, 5.74) is 6.24. The molecule has 2 fully saturated rings. The van der Waals surface area contributed by atoms with Crippen LogP contribution in [0, 0.1) is 11.2 Å². The highest BCUT2D eigenvalue weighted by molar-refractivity contribution is 7.22. The molecule has 0 radical (unpaired) electrons. The van der Waals surface area contributed by atoms with Gasteiger partial charge in [-0.25, -0.2) is 24.3 Å². The van der Waals surface area contributed by atoms with Crippen LogP contribution in [0.15, 0.2) is 18.6 Å². The standard InChI is InChI=1S/C17H18FN7OS/c18-10-5-20-15(23-12-4-11(19)21-9-22-12)14-13(10)24-16(27-14)25-3-1-2-17(6-25)7-26-8-17/h4-5,9H,1-3,6-8H2,(H3,19,20,21,22,23). The van der Waals surface area contributed by atoms with Gasteiger partial charge in [0.25, 0.3) is 0 Å². The topological polar surface area (TPSA) is 102 Å². The van der Waals surface area contributed by atoms with Crippen LogP contribution in [-0.4, -0.2) is 46.2 Å². The summed E-state index contributed by atoms with van der Waals surface area (Å²) in [7, 11) is 0. The molecule has 5 rings (SSSR count). The van der Waals surface area contributed by atoms with E-state index < -0.39 is 5.82 Å². The smallest absolute Gasteiger partial charge is 0.186 e. The molecular weight excluding hydrogens is 369 g/mol. The summed E-state index contributed by atoms with van der Waals surface area (Å²) in [6.45, 7) is 3.41. The lowest BCUT2D eigenvalue weighted by molar-refractivity contribution is -0.117. The fraction of sp³-hybridized carbons (Fsp3) is 0.412. The van der Waals surface area contributed by atoms with Gasteiger partial charge in [-0.15, -0.1) is 0 Å². The fourth-order valence-electron chi connectivity index (χ4n) is 3.66. The van der Waals surface area contributed by atoms with Gasteiger partial charge in [-0.2, -0.15) is 0 Å². The van der Waals surface area contributed by atoms with Crippen molar-refractivity contribution in [3.8, 4) is 0 Å². The molecule has 2 saturated heterocycles. The van der Waals surface area contributed by atoms with E-state index in [0.29, 0.717) is 27.7 Å². The normalized spacial score (nSPS) is 18.6. The zero-order chi connectivity index (χ0) is 18.4. The second-order valence-electron chi connectivity index (χ2n) is 7.10. The SMILES string of the molecule is Nc1cc(Nc2ncc(F)c3nc(N4CCCC5(COC5)C4)sc23)ncn1. The first-order valence-electron chi connectivity index (χ1n) is 8.74. The highest BCUT2D eigenvalue weighted by Crippen LogP contribution is 2.41. The van der Waals surface area contributed by atoms with Crippen LogP contribution in [0.2, 0.25) is 0 Å². The number of piperidine rings is 1. The Hall–Kier alpha value is -2.59. The molecule has 3 aromatic rings. The Balaban J connectivity index is 1.50. The van der Waals surface area contributed by atoms with Crippen LogP contribution < -0.4 is 16.0 Å². The van der Waals surface area contributed by atoms with Gasteiger partial charge in [0.05, 0.1) is 19.4 Å². The summed E-state index contributed by atoms with van der Waals surface area (Å²) >= 11 is 1.44.